The molecule has 0 unspecified atom stereocenters. The third-order valence-electron chi connectivity index (χ3n) is 1.76. The van der Waals surface area contributed by atoms with Crippen LogP contribution in [0.1, 0.15) is 13.8 Å². The minimum absolute atomic E-state index is 0.103. The van der Waals surface area contributed by atoms with Crippen molar-refractivity contribution in [2.45, 2.75) is 13.8 Å². The quantitative estimate of drug-likeness (QED) is 0.498. The Morgan fingerprint density at radius 1 is 1.33 bits per heavy atom. The highest BCUT2D eigenvalue weighted by Crippen LogP contribution is 1.94. The van der Waals surface area contributed by atoms with Gasteiger partial charge in [-0.2, -0.15) is 0 Å². The molecule has 5 heteroatoms. The number of amides is 1. The average molecular weight is 215 g/mol. The van der Waals surface area contributed by atoms with Gasteiger partial charge in [0.2, 0.25) is 5.91 Å². The molecule has 0 bridgehead atoms. The van der Waals surface area contributed by atoms with Crippen LogP contribution in [0.3, 0.4) is 0 Å². The number of rotatable bonds is 6. The van der Waals surface area contributed by atoms with Gasteiger partial charge in [0.05, 0.1) is 13.2 Å². The number of esters is 1. The van der Waals surface area contributed by atoms with E-state index >= 15 is 0 Å². The van der Waals surface area contributed by atoms with Gasteiger partial charge in [0.15, 0.2) is 0 Å². The monoisotopic (exact) mass is 215 g/mol. The first-order valence-corrected chi connectivity index (χ1v) is 4.68. The first-order chi connectivity index (χ1) is 6.99. The third kappa shape index (κ3) is 5.85. The first-order valence-electron chi connectivity index (χ1n) is 4.68. The van der Waals surface area contributed by atoms with Crippen LogP contribution in [-0.4, -0.2) is 48.2 Å². The van der Waals surface area contributed by atoms with Crippen molar-refractivity contribution in [1.29, 1.82) is 0 Å². The summed E-state index contributed by atoms with van der Waals surface area (Å²) in [4.78, 5) is 23.4. The molecule has 0 aliphatic carbocycles. The van der Waals surface area contributed by atoms with Crippen molar-refractivity contribution in [3.63, 3.8) is 0 Å². The molecule has 0 spiro atoms. The number of nitrogens with zero attached hydrogens (tertiary/aromatic N) is 1. The van der Waals surface area contributed by atoms with E-state index in [-0.39, 0.29) is 32.2 Å². The van der Waals surface area contributed by atoms with E-state index in [0.717, 1.165) is 0 Å². The summed E-state index contributed by atoms with van der Waals surface area (Å²) < 4.78 is 4.82. The molecule has 0 radical (unpaired) electrons. The number of carbonyl (C=O) groups excluding carboxylic acids is 2. The molecular weight excluding hydrogens is 198 g/mol. The molecule has 0 saturated heterocycles. The molecule has 0 atom stereocenters. The summed E-state index contributed by atoms with van der Waals surface area (Å²) in [6, 6.07) is 0. The van der Waals surface area contributed by atoms with Crippen LogP contribution in [0.4, 0.5) is 0 Å². The van der Waals surface area contributed by atoms with E-state index < -0.39 is 5.97 Å². The standard InChI is InChI=1S/C10H17NO4/c1-8(2)10(14)15-7-5-11(4-6-12)9(3)13/h12H,1,4-7H2,2-3H3. The highest BCUT2D eigenvalue weighted by Gasteiger charge is 2.09. The van der Waals surface area contributed by atoms with Gasteiger partial charge in [-0.3, -0.25) is 4.79 Å². The minimum Gasteiger partial charge on any atom is -0.460 e. The molecule has 0 rings (SSSR count). The Labute approximate surface area is 89.3 Å². The van der Waals surface area contributed by atoms with Crippen LogP contribution in [0.2, 0.25) is 0 Å². The maximum Gasteiger partial charge on any atom is 0.333 e. The molecule has 0 aliphatic heterocycles. The van der Waals surface area contributed by atoms with E-state index in [1.165, 1.54) is 11.8 Å². The van der Waals surface area contributed by atoms with Gasteiger partial charge in [0.1, 0.15) is 6.61 Å². The van der Waals surface area contributed by atoms with Crippen molar-refractivity contribution in [3.8, 4) is 0 Å². The van der Waals surface area contributed by atoms with Gasteiger partial charge in [-0.05, 0) is 6.92 Å². The summed E-state index contributed by atoms with van der Waals surface area (Å²) in [5.74, 6) is -0.627. The van der Waals surface area contributed by atoms with Gasteiger partial charge in [-0.15, -0.1) is 0 Å². The minimum atomic E-state index is -0.470. The molecule has 0 aliphatic rings. The summed E-state index contributed by atoms with van der Waals surface area (Å²) in [6.45, 7) is 6.93. The Morgan fingerprint density at radius 3 is 2.33 bits per heavy atom. The van der Waals surface area contributed by atoms with Crippen molar-refractivity contribution in [2.75, 3.05) is 26.3 Å². The highest BCUT2D eigenvalue weighted by molar-refractivity contribution is 5.86. The summed E-state index contributed by atoms with van der Waals surface area (Å²) in [6.07, 6.45) is 0. The lowest BCUT2D eigenvalue weighted by Crippen LogP contribution is -2.34. The van der Waals surface area contributed by atoms with Gasteiger partial charge in [-0.25, -0.2) is 4.79 Å². The maximum absolute atomic E-state index is 11.0. The molecule has 0 aromatic carbocycles. The number of aliphatic hydroxyl groups is 1. The van der Waals surface area contributed by atoms with E-state index in [0.29, 0.717) is 5.57 Å². The average Bonchev–Trinajstić information content (AvgIpc) is 2.15. The summed E-state index contributed by atoms with van der Waals surface area (Å²) in [5.41, 5.74) is 0.325. The predicted octanol–water partition coefficient (Wildman–Crippen LogP) is -0.0535. The van der Waals surface area contributed by atoms with Gasteiger partial charge >= 0.3 is 5.97 Å². The van der Waals surface area contributed by atoms with Crippen LogP contribution in [0, 0.1) is 0 Å². The van der Waals surface area contributed by atoms with E-state index in [9.17, 15) is 9.59 Å². The SMILES string of the molecule is C=C(C)C(=O)OCCN(CCO)C(C)=O. The van der Waals surface area contributed by atoms with Crippen LogP contribution in [0.5, 0.6) is 0 Å². The molecule has 0 saturated carbocycles. The van der Waals surface area contributed by atoms with Crippen LogP contribution in [0.15, 0.2) is 12.2 Å². The van der Waals surface area contributed by atoms with Crippen molar-refractivity contribution in [2.24, 2.45) is 0 Å². The third-order valence-corrected chi connectivity index (χ3v) is 1.76. The number of aliphatic hydroxyl groups excluding tert-OH is 1. The zero-order chi connectivity index (χ0) is 11.8. The number of carbonyl (C=O) groups is 2. The fraction of sp³-hybridized carbons (Fsp3) is 0.600. The van der Waals surface area contributed by atoms with E-state index in [1.54, 1.807) is 6.92 Å². The smallest absolute Gasteiger partial charge is 0.333 e. The summed E-state index contributed by atoms with van der Waals surface area (Å²) in [5, 5.41) is 8.67. The molecule has 1 N–H and O–H groups in total. The Bertz CT molecular complexity index is 250. The van der Waals surface area contributed by atoms with Crippen LogP contribution < -0.4 is 0 Å². The van der Waals surface area contributed by atoms with Crippen molar-refractivity contribution in [3.05, 3.63) is 12.2 Å². The molecule has 5 nitrogen and oxygen atoms in total. The first kappa shape index (κ1) is 13.6. The zero-order valence-corrected chi connectivity index (χ0v) is 9.15. The lowest BCUT2D eigenvalue weighted by atomic mass is 10.4. The van der Waals surface area contributed by atoms with Crippen LogP contribution >= 0.6 is 0 Å². The Balaban J connectivity index is 3.85. The van der Waals surface area contributed by atoms with Crippen molar-refractivity contribution in [1.82, 2.24) is 4.90 Å². The number of hydrogen-bond donors (Lipinski definition) is 1. The van der Waals surface area contributed by atoms with Gasteiger partial charge < -0.3 is 14.7 Å². The summed E-state index contributed by atoms with van der Waals surface area (Å²) in [7, 11) is 0. The van der Waals surface area contributed by atoms with Gasteiger partial charge in [0.25, 0.3) is 0 Å². The zero-order valence-electron chi connectivity index (χ0n) is 9.15. The number of ether oxygens (including phenoxy) is 1. The van der Waals surface area contributed by atoms with Crippen LogP contribution in [-0.2, 0) is 14.3 Å². The van der Waals surface area contributed by atoms with Crippen LogP contribution in [0.25, 0.3) is 0 Å². The Kier molecular flexibility index (Phi) is 6.37. The molecule has 0 heterocycles. The Morgan fingerprint density at radius 2 is 1.93 bits per heavy atom. The molecule has 15 heavy (non-hydrogen) atoms. The van der Waals surface area contributed by atoms with E-state index in [4.69, 9.17) is 9.84 Å². The lowest BCUT2D eigenvalue weighted by Gasteiger charge is -2.19. The molecular formula is C10H17NO4. The van der Waals surface area contributed by atoms with Crippen molar-refractivity contribution < 1.29 is 19.4 Å². The van der Waals surface area contributed by atoms with E-state index in [2.05, 4.69) is 6.58 Å². The fourth-order valence-electron chi connectivity index (χ4n) is 0.919. The molecule has 0 fully saturated rings. The normalized spacial score (nSPS) is 9.53. The molecule has 1 amide bonds. The second kappa shape index (κ2) is 7.00. The lowest BCUT2D eigenvalue weighted by molar-refractivity contribution is -0.141. The Hall–Kier alpha value is -1.36. The molecule has 0 aromatic heterocycles. The topological polar surface area (TPSA) is 66.8 Å². The fourth-order valence-corrected chi connectivity index (χ4v) is 0.919. The van der Waals surface area contributed by atoms with E-state index in [1.807, 2.05) is 0 Å². The van der Waals surface area contributed by atoms with Gasteiger partial charge in [0, 0.05) is 19.0 Å². The predicted molar refractivity (Wildman–Crippen MR) is 55.1 cm³/mol. The second-order valence-corrected chi connectivity index (χ2v) is 3.15. The maximum atomic E-state index is 11.0. The largest absolute Gasteiger partial charge is 0.460 e. The molecule has 0 aromatic rings. The summed E-state index contributed by atoms with van der Waals surface area (Å²) >= 11 is 0. The second-order valence-electron chi connectivity index (χ2n) is 3.15. The van der Waals surface area contributed by atoms with Crippen molar-refractivity contribution >= 4 is 11.9 Å². The molecule has 86 valence electrons. The number of hydrogen-bond acceptors (Lipinski definition) is 4. The van der Waals surface area contributed by atoms with Gasteiger partial charge in [-0.1, -0.05) is 6.58 Å². The highest BCUT2D eigenvalue weighted by atomic mass is 16.5.